The Kier molecular flexibility index (Phi) is 4.30. The van der Waals surface area contributed by atoms with Crippen LogP contribution in [-0.4, -0.2) is 30.0 Å². The van der Waals surface area contributed by atoms with Gasteiger partial charge in [0.15, 0.2) is 0 Å². The molecule has 0 radical (unpaired) electrons. The van der Waals surface area contributed by atoms with Gasteiger partial charge in [0.2, 0.25) is 0 Å². The molecule has 1 atom stereocenters. The summed E-state index contributed by atoms with van der Waals surface area (Å²) < 4.78 is 12.9. The number of hydrogen-bond donors (Lipinski definition) is 0. The van der Waals surface area contributed by atoms with E-state index in [9.17, 15) is 4.39 Å². The number of likely N-dealkylation sites (N-methyl/N-ethyl adjacent to an activating group) is 1. The van der Waals surface area contributed by atoms with E-state index >= 15 is 0 Å². The van der Waals surface area contributed by atoms with Crippen LogP contribution in [0, 0.1) is 5.82 Å². The van der Waals surface area contributed by atoms with E-state index in [1.807, 2.05) is 12.1 Å². The molecule has 0 saturated carbocycles. The van der Waals surface area contributed by atoms with Crippen LogP contribution in [-0.2, 0) is 6.42 Å². The zero-order valence-electron chi connectivity index (χ0n) is 12.4. The predicted octanol–water partition coefficient (Wildman–Crippen LogP) is 3.62. The van der Waals surface area contributed by atoms with E-state index in [4.69, 9.17) is 4.98 Å². The largest absolute Gasteiger partial charge is 0.306 e. The summed E-state index contributed by atoms with van der Waals surface area (Å²) in [5.41, 5.74) is 3.36. The molecule has 21 heavy (non-hydrogen) atoms. The lowest BCUT2D eigenvalue weighted by Crippen LogP contribution is -2.31. The molecule has 1 unspecified atom stereocenters. The van der Waals surface area contributed by atoms with Crippen molar-refractivity contribution in [2.75, 3.05) is 20.1 Å². The molecule has 1 aliphatic heterocycles. The van der Waals surface area contributed by atoms with Gasteiger partial charge in [0.1, 0.15) is 5.82 Å². The number of rotatable bonds is 3. The zero-order chi connectivity index (χ0) is 14.7. The molecule has 0 aliphatic carbocycles. The predicted molar refractivity (Wildman–Crippen MR) is 82.9 cm³/mol. The molecule has 3 heteroatoms. The van der Waals surface area contributed by atoms with E-state index in [0.717, 1.165) is 24.2 Å². The maximum Gasteiger partial charge on any atom is 0.123 e. The average Bonchev–Trinajstić information content (AvgIpc) is 2.50. The molecule has 0 amide bonds. The maximum atomic E-state index is 12.9. The van der Waals surface area contributed by atoms with Gasteiger partial charge in [-0.1, -0.05) is 18.2 Å². The van der Waals surface area contributed by atoms with Crippen LogP contribution in [0.5, 0.6) is 0 Å². The quantitative estimate of drug-likeness (QED) is 0.856. The van der Waals surface area contributed by atoms with Gasteiger partial charge in [-0.05, 0) is 56.3 Å². The molecular formula is C18H21FN2. The highest BCUT2D eigenvalue weighted by molar-refractivity contribution is 5.24. The Bertz CT molecular complexity index is 594. The lowest BCUT2D eigenvalue weighted by atomic mass is 9.94. The fraction of sp³-hybridized carbons (Fsp3) is 0.389. The first-order valence-electron chi connectivity index (χ1n) is 7.59. The van der Waals surface area contributed by atoms with Crippen LogP contribution in [0.25, 0.3) is 0 Å². The van der Waals surface area contributed by atoms with Crippen LogP contribution in [0.4, 0.5) is 4.39 Å². The molecule has 2 aromatic rings. The molecule has 1 aromatic carbocycles. The summed E-state index contributed by atoms with van der Waals surface area (Å²) >= 11 is 0. The Morgan fingerprint density at radius 3 is 2.76 bits per heavy atom. The minimum Gasteiger partial charge on any atom is -0.306 e. The van der Waals surface area contributed by atoms with Gasteiger partial charge in [-0.2, -0.15) is 0 Å². The zero-order valence-corrected chi connectivity index (χ0v) is 12.4. The fourth-order valence-electron chi connectivity index (χ4n) is 3.04. The molecule has 1 fully saturated rings. The van der Waals surface area contributed by atoms with Crippen molar-refractivity contribution in [3.8, 4) is 0 Å². The minimum atomic E-state index is -0.189. The smallest absolute Gasteiger partial charge is 0.123 e. The number of pyridine rings is 1. The summed E-state index contributed by atoms with van der Waals surface area (Å²) in [6.07, 6.45) is 3.22. The average molecular weight is 284 g/mol. The molecule has 1 aromatic heterocycles. The lowest BCUT2D eigenvalue weighted by molar-refractivity contribution is 0.248. The Labute approximate surface area is 125 Å². The lowest BCUT2D eigenvalue weighted by Gasteiger charge is -2.29. The summed E-state index contributed by atoms with van der Waals surface area (Å²) in [7, 11) is 2.18. The third-order valence-corrected chi connectivity index (χ3v) is 4.17. The monoisotopic (exact) mass is 284 g/mol. The summed E-state index contributed by atoms with van der Waals surface area (Å²) in [6, 6.07) is 13.0. The summed E-state index contributed by atoms with van der Waals surface area (Å²) in [4.78, 5) is 7.21. The normalized spacial score (nSPS) is 19.6. The molecule has 0 bridgehead atoms. The SMILES string of the molecule is CN1CCCC(c2cccc(Cc3ccc(F)cc3)n2)C1. The van der Waals surface area contributed by atoms with Gasteiger partial charge in [-0.3, -0.25) is 4.98 Å². The number of piperidine rings is 1. The molecular weight excluding hydrogens is 263 g/mol. The van der Waals surface area contributed by atoms with Crippen LogP contribution in [0.1, 0.15) is 35.7 Å². The molecule has 2 heterocycles. The Balaban J connectivity index is 1.75. The van der Waals surface area contributed by atoms with E-state index < -0.39 is 0 Å². The number of hydrogen-bond acceptors (Lipinski definition) is 2. The first-order chi connectivity index (χ1) is 10.2. The van der Waals surface area contributed by atoms with Crippen molar-refractivity contribution in [1.82, 2.24) is 9.88 Å². The molecule has 2 nitrogen and oxygen atoms in total. The third-order valence-electron chi connectivity index (χ3n) is 4.17. The summed E-state index contributed by atoms with van der Waals surface area (Å²) in [6.45, 7) is 2.28. The molecule has 110 valence electrons. The number of aromatic nitrogens is 1. The number of halogens is 1. The van der Waals surface area contributed by atoms with Crippen LogP contribution in [0.2, 0.25) is 0 Å². The number of nitrogens with zero attached hydrogens (tertiary/aromatic N) is 2. The molecule has 1 aliphatic rings. The van der Waals surface area contributed by atoms with Crippen LogP contribution < -0.4 is 0 Å². The molecule has 0 N–H and O–H groups in total. The van der Waals surface area contributed by atoms with Gasteiger partial charge in [0, 0.05) is 30.3 Å². The topological polar surface area (TPSA) is 16.1 Å². The van der Waals surface area contributed by atoms with Gasteiger partial charge in [-0.15, -0.1) is 0 Å². The van der Waals surface area contributed by atoms with E-state index in [1.165, 1.54) is 37.2 Å². The minimum absolute atomic E-state index is 0.189. The van der Waals surface area contributed by atoms with Crippen LogP contribution >= 0.6 is 0 Å². The fourth-order valence-corrected chi connectivity index (χ4v) is 3.04. The second-order valence-corrected chi connectivity index (χ2v) is 5.96. The van der Waals surface area contributed by atoms with Crippen molar-refractivity contribution in [2.45, 2.75) is 25.2 Å². The van der Waals surface area contributed by atoms with Crippen molar-refractivity contribution in [3.05, 3.63) is 65.2 Å². The van der Waals surface area contributed by atoms with Crippen molar-refractivity contribution in [3.63, 3.8) is 0 Å². The Morgan fingerprint density at radius 1 is 1.19 bits per heavy atom. The molecule has 0 spiro atoms. The first-order valence-corrected chi connectivity index (χ1v) is 7.59. The van der Waals surface area contributed by atoms with Gasteiger partial charge < -0.3 is 4.90 Å². The third kappa shape index (κ3) is 3.67. The highest BCUT2D eigenvalue weighted by Gasteiger charge is 2.20. The molecule has 1 saturated heterocycles. The standard InChI is InChI=1S/C18H21FN2/c1-21-11-3-4-15(13-21)18-6-2-5-17(20-18)12-14-7-9-16(19)10-8-14/h2,5-10,15H,3-4,11-13H2,1H3. The van der Waals surface area contributed by atoms with E-state index in [2.05, 4.69) is 30.1 Å². The first kappa shape index (κ1) is 14.2. The molecule has 3 rings (SSSR count). The summed E-state index contributed by atoms with van der Waals surface area (Å²) in [5, 5.41) is 0. The van der Waals surface area contributed by atoms with Gasteiger partial charge >= 0.3 is 0 Å². The van der Waals surface area contributed by atoms with Crippen LogP contribution in [0.15, 0.2) is 42.5 Å². The van der Waals surface area contributed by atoms with E-state index in [0.29, 0.717) is 5.92 Å². The highest BCUT2D eigenvalue weighted by Crippen LogP contribution is 2.25. The summed E-state index contributed by atoms with van der Waals surface area (Å²) in [5.74, 6) is 0.350. The van der Waals surface area contributed by atoms with Gasteiger partial charge in [0.05, 0.1) is 0 Å². The van der Waals surface area contributed by atoms with E-state index in [-0.39, 0.29) is 5.82 Å². The van der Waals surface area contributed by atoms with Crippen LogP contribution in [0.3, 0.4) is 0 Å². The van der Waals surface area contributed by atoms with Crippen molar-refractivity contribution in [2.24, 2.45) is 0 Å². The second kappa shape index (κ2) is 6.35. The van der Waals surface area contributed by atoms with E-state index in [1.54, 1.807) is 0 Å². The second-order valence-electron chi connectivity index (χ2n) is 5.96. The Morgan fingerprint density at radius 2 is 2.00 bits per heavy atom. The number of benzene rings is 1. The highest BCUT2D eigenvalue weighted by atomic mass is 19.1. The van der Waals surface area contributed by atoms with Gasteiger partial charge in [-0.25, -0.2) is 4.39 Å². The Hall–Kier alpha value is -1.74. The van der Waals surface area contributed by atoms with Crippen molar-refractivity contribution in [1.29, 1.82) is 0 Å². The maximum absolute atomic E-state index is 12.9. The van der Waals surface area contributed by atoms with Crippen molar-refractivity contribution < 1.29 is 4.39 Å². The number of likely N-dealkylation sites (tertiary alicyclic amines) is 1. The van der Waals surface area contributed by atoms with Gasteiger partial charge in [0.25, 0.3) is 0 Å². The van der Waals surface area contributed by atoms with Crippen molar-refractivity contribution >= 4 is 0 Å².